The predicted molar refractivity (Wildman–Crippen MR) is 44.6 cm³/mol. The SMILES string of the molecule is C=CP(=O)(CC)OCCC. The van der Waals surface area contributed by atoms with Gasteiger partial charge in [0.05, 0.1) is 6.61 Å². The van der Waals surface area contributed by atoms with Crippen molar-refractivity contribution in [2.75, 3.05) is 12.8 Å². The molecule has 0 saturated heterocycles. The van der Waals surface area contributed by atoms with Crippen LogP contribution in [0.4, 0.5) is 0 Å². The Morgan fingerprint density at radius 2 is 2.20 bits per heavy atom. The summed E-state index contributed by atoms with van der Waals surface area (Å²) in [5.41, 5.74) is 0. The van der Waals surface area contributed by atoms with Crippen molar-refractivity contribution in [2.45, 2.75) is 20.3 Å². The van der Waals surface area contributed by atoms with E-state index < -0.39 is 7.37 Å². The van der Waals surface area contributed by atoms with Crippen molar-refractivity contribution in [3.63, 3.8) is 0 Å². The van der Waals surface area contributed by atoms with Crippen LogP contribution in [0.1, 0.15) is 20.3 Å². The highest BCUT2D eigenvalue weighted by Crippen LogP contribution is 2.47. The van der Waals surface area contributed by atoms with Gasteiger partial charge in [-0.1, -0.05) is 20.4 Å². The van der Waals surface area contributed by atoms with Crippen LogP contribution in [-0.4, -0.2) is 12.8 Å². The van der Waals surface area contributed by atoms with E-state index in [9.17, 15) is 4.57 Å². The molecule has 0 aromatic heterocycles. The fourth-order valence-electron chi connectivity index (χ4n) is 0.519. The summed E-state index contributed by atoms with van der Waals surface area (Å²) in [6.07, 6.45) is 1.45. The first-order valence-corrected chi connectivity index (χ1v) is 5.43. The highest BCUT2D eigenvalue weighted by molar-refractivity contribution is 7.62. The maximum absolute atomic E-state index is 11.4. The monoisotopic (exact) mass is 162 g/mol. The normalized spacial score (nSPS) is 16.2. The van der Waals surface area contributed by atoms with Crippen molar-refractivity contribution in [3.05, 3.63) is 12.4 Å². The maximum atomic E-state index is 11.4. The molecule has 60 valence electrons. The van der Waals surface area contributed by atoms with Gasteiger partial charge in [-0.25, -0.2) is 0 Å². The van der Waals surface area contributed by atoms with Crippen LogP contribution in [0.2, 0.25) is 0 Å². The first-order chi connectivity index (χ1) is 4.68. The summed E-state index contributed by atoms with van der Waals surface area (Å²) in [6.45, 7) is 7.87. The summed E-state index contributed by atoms with van der Waals surface area (Å²) in [5, 5.41) is 0. The van der Waals surface area contributed by atoms with Crippen LogP contribution >= 0.6 is 7.37 Å². The van der Waals surface area contributed by atoms with Crippen LogP contribution in [0.5, 0.6) is 0 Å². The first-order valence-electron chi connectivity index (χ1n) is 3.55. The van der Waals surface area contributed by atoms with Gasteiger partial charge in [-0.2, -0.15) is 0 Å². The third kappa shape index (κ3) is 3.19. The second kappa shape index (κ2) is 4.70. The standard InChI is InChI=1S/C7H15O2P/c1-4-7-9-10(8,5-2)6-3/h5H,2,4,6-7H2,1,3H3. The zero-order chi connectivity index (χ0) is 8.04. The average molecular weight is 162 g/mol. The summed E-state index contributed by atoms with van der Waals surface area (Å²) < 4.78 is 16.5. The van der Waals surface area contributed by atoms with E-state index >= 15 is 0 Å². The van der Waals surface area contributed by atoms with Crippen molar-refractivity contribution < 1.29 is 9.09 Å². The summed E-state index contributed by atoms with van der Waals surface area (Å²) in [5.74, 6) is 1.43. The summed E-state index contributed by atoms with van der Waals surface area (Å²) in [6, 6.07) is 0. The number of hydrogen-bond acceptors (Lipinski definition) is 2. The lowest BCUT2D eigenvalue weighted by molar-refractivity contribution is 0.320. The van der Waals surface area contributed by atoms with Crippen molar-refractivity contribution in [3.8, 4) is 0 Å². The Bertz CT molecular complexity index is 143. The molecule has 0 spiro atoms. The van der Waals surface area contributed by atoms with E-state index in [-0.39, 0.29) is 0 Å². The van der Waals surface area contributed by atoms with Gasteiger partial charge in [0.1, 0.15) is 0 Å². The fourth-order valence-corrected chi connectivity index (χ4v) is 1.56. The molecule has 0 amide bonds. The minimum absolute atomic E-state index is 0.552. The molecule has 0 fully saturated rings. The third-order valence-electron chi connectivity index (χ3n) is 1.23. The molecule has 1 atom stereocenters. The van der Waals surface area contributed by atoms with Gasteiger partial charge in [-0.3, -0.25) is 4.57 Å². The van der Waals surface area contributed by atoms with Crippen LogP contribution in [-0.2, 0) is 9.09 Å². The Balaban J connectivity index is 3.82. The lowest BCUT2D eigenvalue weighted by Gasteiger charge is -2.10. The topological polar surface area (TPSA) is 26.3 Å². The van der Waals surface area contributed by atoms with E-state index in [0.29, 0.717) is 12.8 Å². The number of hydrogen-bond donors (Lipinski definition) is 0. The molecule has 0 radical (unpaired) electrons. The van der Waals surface area contributed by atoms with Gasteiger partial charge >= 0.3 is 0 Å². The van der Waals surface area contributed by atoms with Gasteiger partial charge in [-0.15, -0.1) is 0 Å². The molecule has 0 N–H and O–H groups in total. The molecule has 0 saturated carbocycles. The molecule has 0 bridgehead atoms. The largest absolute Gasteiger partial charge is 0.326 e. The Morgan fingerprint density at radius 3 is 2.50 bits per heavy atom. The molecule has 0 aromatic carbocycles. The predicted octanol–water partition coefficient (Wildman–Crippen LogP) is 2.85. The Hall–Kier alpha value is -0.0700. The first kappa shape index (κ1) is 9.93. The van der Waals surface area contributed by atoms with Gasteiger partial charge in [0.15, 0.2) is 0 Å². The zero-order valence-electron chi connectivity index (χ0n) is 6.67. The smallest absolute Gasteiger partial charge is 0.224 e. The van der Waals surface area contributed by atoms with Crippen molar-refractivity contribution in [2.24, 2.45) is 0 Å². The van der Waals surface area contributed by atoms with Gasteiger partial charge in [0.25, 0.3) is 0 Å². The van der Waals surface area contributed by atoms with Crippen molar-refractivity contribution >= 4 is 7.37 Å². The summed E-state index contributed by atoms with van der Waals surface area (Å²) in [7, 11) is -2.43. The van der Waals surface area contributed by atoms with Crippen molar-refractivity contribution in [1.82, 2.24) is 0 Å². The van der Waals surface area contributed by atoms with E-state index in [4.69, 9.17) is 4.52 Å². The fraction of sp³-hybridized carbons (Fsp3) is 0.714. The van der Waals surface area contributed by atoms with E-state index in [0.717, 1.165) is 6.42 Å². The van der Waals surface area contributed by atoms with Gasteiger partial charge in [-0.05, 0) is 12.2 Å². The molecule has 0 aromatic rings. The molecule has 2 nitrogen and oxygen atoms in total. The minimum atomic E-state index is -2.43. The highest BCUT2D eigenvalue weighted by atomic mass is 31.2. The lowest BCUT2D eigenvalue weighted by atomic mass is 10.5. The van der Waals surface area contributed by atoms with Crippen LogP contribution in [0.25, 0.3) is 0 Å². The molecular formula is C7H15O2P. The Labute approximate surface area is 62.7 Å². The van der Waals surface area contributed by atoms with Crippen LogP contribution < -0.4 is 0 Å². The lowest BCUT2D eigenvalue weighted by Crippen LogP contribution is -1.91. The minimum Gasteiger partial charge on any atom is -0.326 e. The summed E-state index contributed by atoms with van der Waals surface area (Å²) >= 11 is 0. The second-order valence-corrected chi connectivity index (χ2v) is 4.77. The van der Waals surface area contributed by atoms with Crippen molar-refractivity contribution in [1.29, 1.82) is 0 Å². The second-order valence-electron chi connectivity index (χ2n) is 2.06. The molecule has 0 rings (SSSR count). The van der Waals surface area contributed by atoms with E-state index in [1.807, 2.05) is 13.8 Å². The molecular weight excluding hydrogens is 147 g/mol. The Morgan fingerprint density at radius 1 is 1.60 bits per heavy atom. The molecule has 0 aliphatic heterocycles. The average Bonchev–Trinajstić information content (AvgIpc) is 2.00. The molecule has 1 unspecified atom stereocenters. The van der Waals surface area contributed by atoms with E-state index in [1.54, 1.807) is 0 Å². The van der Waals surface area contributed by atoms with Gasteiger partial charge < -0.3 is 4.52 Å². The third-order valence-corrected chi connectivity index (χ3v) is 3.29. The highest BCUT2D eigenvalue weighted by Gasteiger charge is 2.13. The van der Waals surface area contributed by atoms with Crippen LogP contribution in [0, 0.1) is 0 Å². The van der Waals surface area contributed by atoms with E-state index in [2.05, 4.69) is 6.58 Å². The molecule has 0 heterocycles. The quantitative estimate of drug-likeness (QED) is 0.581. The number of rotatable bonds is 5. The van der Waals surface area contributed by atoms with Gasteiger partial charge in [0.2, 0.25) is 7.37 Å². The van der Waals surface area contributed by atoms with Crippen LogP contribution in [0.15, 0.2) is 12.4 Å². The summed E-state index contributed by atoms with van der Waals surface area (Å²) in [4.78, 5) is 0. The molecule has 3 heteroatoms. The zero-order valence-corrected chi connectivity index (χ0v) is 7.56. The molecule has 0 aliphatic carbocycles. The Kier molecular flexibility index (Phi) is 4.67. The van der Waals surface area contributed by atoms with Crippen LogP contribution in [0.3, 0.4) is 0 Å². The maximum Gasteiger partial charge on any atom is 0.224 e. The molecule has 10 heavy (non-hydrogen) atoms. The van der Waals surface area contributed by atoms with E-state index in [1.165, 1.54) is 5.82 Å². The van der Waals surface area contributed by atoms with Gasteiger partial charge in [0, 0.05) is 6.16 Å². The molecule has 0 aliphatic rings.